The van der Waals surface area contributed by atoms with E-state index in [9.17, 15) is 0 Å². The number of rotatable bonds is 7. The van der Waals surface area contributed by atoms with Crippen LogP contribution in [0.5, 0.6) is 5.75 Å². The van der Waals surface area contributed by atoms with E-state index in [2.05, 4.69) is 55.4 Å². The minimum absolute atomic E-state index is 0.357. The highest BCUT2D eigenvalue weighted by Gasteiger charge is 2.22. The molecule has 1 unspecified atom stereocenters. The van der Waals surface area contributed by atoms with Gasteiger partial charge in [0.2, 0.25) is 0 Å². The first-order valence-corrected chi connectivity index (χ1v) is 11.4. The summed E-state index contributed by atoms with van der Waals surface area (Å²) in [6.07, 6.45) is 5.98. The maximum Gasteiger partial charge on any atom is 0.132 e. The minimum Gasteiger partial charge on any atom is -0.493 e. The molecule has 1 aromatic heterocycles. The molecule has 4 rings (SSSR count). The Bertz CT molecular complexity index is 858. The number of likely N-dealkylation sites (tertiary alicyclic amines) is 1. The molecule has 2 aliphatic rings. The number of ether oxygens (including phenoxy) is 1. The fourth-order valence-electron chi connectivity index (χ4n) is 4.55. The van der Waals surface area contributed by atoms with Gasteiger partial charge in [0.1, 0.15) is 11.6 Å². The number of nitrogens with one attached hydrogen (secondary N) is 2. The molecule has 29 heavy (non-hydrogen) atoms. The first-order valence-electron chi connectivity index (χ1n) is 11.4. The van der Waals surface area contributed by atoms with Gasteiger partial charge in [0, 0.05) is 35.6 Å². The van der Waals surface area contributed by atoms with E-state index in [4.69, 9.17) is 9.72 Å². The summed E-state index contributed by atoms with van der Waals surface area (Å²) in [6.45, 7) is 13.1. The van der Waals surface area contributed by atoms with Crippen LogP contribution in [0.25, 0.3) is 10.9 Å². The standard InChI is InChI=1S/C24H36N4O/c1-16(2)25-24-19-9-8-18(4)26-23(19)20-14-17(3)22(15-21(20)27-24)29-13-7-12-28-10-5-6-11-28/h14-16,18,26H,5-13H2,1-4H3,(H,25,27). The molecule has 0 spiro atoms. The zero-order valence-electron chi connectivity index (χ0n) is 18.5. The molecule has 1 aromatic carbocycles. The molecule has 158 valence electrons. The maximum atomic E-state index is 6.18. The highest BCUT2D eigenvalue weighted by atomic mass is 16.5. The number of hydrogen-bond acceptors (Lipinski definition) is 5. The average Bonchev–Trinajstić information content (AvgIpc) is 3.19. The molecule has 0 bridgehead atoms. The number of hydrogen-bond donors (Lipinski definition) is 2. The molecule has 1 saturated heterocycles. The van der Waals surface area contributed by atoms with Crippen molar-refractivity contribution in [1.82, 2.24) is 9.88 Å². The van der Waals surface area contributed by atoms with Crippen molar-refractivity contribution in [2.75, 3.05) is 36.9 Å². The summed E-state index contributed by atoms with van der Waals surface area (Å²) in [5.74, 6) is 1.98. The molecule has 0 aliphatic carbocycles. The number of aryl methyl sites for hydroxylation is 1. The van der Waals surface area contributed by atoms with Gasteiger partial charge in [-0.15, -0.1) is 0 Å². The van der Waals surface area contributed by atoms with Gasteiger partial charge in [0.15, 0.2) is 0 Å². The fraction of sp³-hybridized carbons (Fsp3) is 0.625. The van der Waals surface area contributed by atoms with E-state index in [0.29, 0.717) is 12.1 Å². The van der Waals surface area contributed by atoms with Gasteiger partial charge >= 0.3 is 0 Å². The molecular formula is C24H36N4O. The van der Waals surface area contributed by atoms with Crippen molar-refractivity contribution in [3.8, 4) is 5.75 Å². The van der Waals surface area contributed by atoms with Crippen LogP contribution in [0.1, 0.15) is 57.6 Å². The highest BCUT2D eigenvalue weighted by molar-refractivity contribution is 5.97. The third-order valence-corrected chi connectivity index (χ3v) is 6.10. The van der Waals surface area contributed by atoms with E-state index in [1.165, 1.54) is 48.1 Å². The molecule has 2 aromatic rings. The van der Waals surface area contributed by atoms with Gasteiger partial charge < -0.3 is 20.3 Å². The van der Waals surface area contributed by atoms with Crippen molar-refractivity contribution >= 4 is 22.4 Å². The van der Waals surface area contributed by atoms with Crippen LogP contribution in [0.4, 0.5) is 11.5 Å². The lowest BCUT2D eigenvalue weighted by atomic mass is 9.95. The Hall–Kier alpha value is -2.01. The SMILES string of the molecule is Cc1cc2c3c(c(NC(C)C)nc2cc1OCCCN1CCCC1)CCC(C)N3. The summed E-state index contributed by atoms with van der Waals surface area (Å²) < 4.78 is 6.18. The summed E-state index contributed by atoms with van der Waals surface area (Å²) in [5.41, 5.74) is 4.77. The van der Waals surface area contributed by atoms with E-state index in [1.54, 1.807) is 0 Å². The number of pyridine rings is 1. The lowest BCUT2D eigenvalue weighted by Crippen LogP contribution is -2.24. The predicted molar refractivity (Wildman–Crippen MR) is 122 cm³/mol. The van der Waals surface area contributed by atoms with E-state index in [1.807, 2.05) is 0 Å². The van der Waals surface area contributed by atoms with Crippen LogP contribution in [-0.2, 0) is 6.42 Å². The number of anilines is 2. The summed E-state index contributed by atoms with van der Waals surface area (Å²) in [5, 5.41) is 8.49. The summed E-state index contributed by atoms with van der Waals surface area (Å²) in [4.78, 5) is 7.55. The Kier molecular flexibility index (Phi) is 6.14. The van der Waals surface area contributed by atoms with Crippen molar-refractivity contribution < 1.29 is 4.74 Å². The van der Waals surface area contributed by atoms with Crippen LogP contribution in [0.3, 0.4) is 0 Å². The highest BCUT2D eigenvalue weighted by Crippen LogP contribution is 2.38. The molecule has 0 amide bonds. The summed E-state index contributed by atoms with van der Waals surface area (Å²) in [6, 6.07) is 5.23. The molecule has 5 nitrogen and oxygen atoms in total. The van der Waals surface area contributed by atoms with Gasteiger partial charge in [0.05, 0.1) is 17.8 Å². The molecule has 1 atom stereocenters. The molecule has 5 heteroatoms. The molecule has 2 aliphatic heterocycles. The van der Waals surface area contributed by atoms with E-state index < -0.39 is 0 Å². The number of nitrogens with zero attached hydrogens (tertiary/aromatic N) is 2. The van der Waals surface area contributed by atoms with Crippen LogP contribution in [-0.4, -0.2) is 48.2 Å². The quantitative estimate of drug-likeness (QED) is 0.647. The van der Waals surface area contributed by atoms with Crippen LogP contribution in [0.2, 0.25) is 0 Å². The Morgan fingerprint density at radius 3 is 2.83 bits per heavy atom. The molecular weight excluding hydrogens is 360 g/mol. The topological polar surface area (TPSA) is 49.4 Å². The molecule has 3 heterocycles. The lowest BCUT2D eigenvalue weighted by Gasteiger charge is -2.28. The third-order valence-electron chi connectivity index (χ3n) is 6.10. The van der Waals surface area contributed by atoms with Gasteiger partial charge in [0.25, 0.3) is 0 Å². The monoisotopic (exact) mass is 396 g/mol. The van der Waals surface area contributed by atoms with Gasteiger partial charge in [-0.05, 0) is 84.5 Å². The number of aromatic nitrogens is 1. The maximum absolute atomic E-state index is 6.18. The van der Waals surface area contributed by atoms with Gasteiger partial charge in [-0.25, -0.2) is 4.98 Å². The largest absolute Gasteiger partial charge is 0.493 e. The number of fused-ring (bicyclic) bond motifs is 3. The van der Waals surface area contributed by atoms with Gasteiger partial charge in [-0.3, -0.25) is 0 Å². The second-order valence-electron chi connectivity index (χ2n) is 9.08. The smallest absolute Gasteiger partial charge is 0.132 e. The summed E-state index contributed by atoms with van der Waals surface area (Å²) in [7, 11) is 0. The van der Waals surface area contributed by atoms with Crippen LogP contribution < -0.4 is 15.4 Å². The van der Waals surface area contributed by atoms with Gasteiger partial charge in [-0.2, -0.15) is 0 Å². The first-order chi connectivity index (χ1) is 14.0. The fourth-order valence-corrected chi connectivity index (χ4v) is 4.55. The van der Waals surface area contributed by atoms with Crippen molar-refractivity contribution in [3.63, 3.8) is 0 Å². The minimum atomic E-state index is 0.357. The van der Waals surface area contributed by atoms with E-state index in [0.717, 1.165) is 49.5 Å². The molecule has 2 N–H and O–H groups in total. The Morgan fingerprint density at radius 1 is 1.28 bits per heavy atom. The zero-order valence-corrected chi connectivity index (χ0v) is 18.5. The van der Waals surface area contributed by atoms with Gasteiger partial charge in [-0.1, -0.05) is 0 Å². The van der Waals surface area contributed by atoms with Crippen molar-refractivity contribution in [1.29, 1.82) is 0 Å². The van der Waals surface area contributed by atoms with Crippen molar-refractivity contribution in [3.05, 3.63) is 23.3 Å². The van der Waals surface area contributed by atoms with Crippen LogP contribution >= 0.6 is 0 Å². The molecule has 0 radical (unpaired) electrons. The average molecular weight is 397 g/mol. The summed E-state index contributed by atoms with van der Waals surface area (Å²) >= 11 is 0. The Labute approximate surface area is 175 Å². The second-order valence-corrected chi connectivity index (χ2v) is 9.08. The van der Waals surface area contributed by atoms with Crippen LogP contribution in [0, 0.1) is 6.92 Å². The number of benzene rings is 1. The first kappa shape index (κ1) is 20.3. The van der Waals surface area contributed by atoms with Crippen molar-refractivity contribution in [2.24, 2.45) is 0 Å². The Balaban J connectivity index is 1.58. The third kappa shape index (κ3) is 4.61. The second kappa shape index (κ2) is 8.78. The van der Waals surface area contributed by atoms with E-state index in [-0.39, 0.29) is 0 Å². The predicted octanol–water partition coefficient (Wildman–Crippen LogP) is 4.97. The molecule has 1 fully saturated rings. The van der Waals surface area contributed by atoms with E-state index >= 15 is 0 Å². The zero-order chi connectivity index (χ0) is 20.4. The van der Waals surface area contributed by atoms with Crippen molar-refractivity contribution in [2.45, 2.75) is 71.9 Å². The lowest BCUT2D eigenvalue weighted by molar-refractivity contribution is 0.262. The Morgan fingerprint density at radius 2 is 2.07 bits per heavy atom. The van der Waals surface area contributed by atoms with Crippen LogP contribution in [0.15, 0.2) is 12.1 Å². The normalized spacial score (nSPS) is 19.4. The molecule has 0 saturated carbocycles.